The Kier molecular flexibility index (Phi) is 5.48. The van der Waals surface area contributed by atoms with Crippen molar-refractivity contribution >= 4 is 43.5 Å². The fraction of sp³-hybridized carbons (Fsp3) is 0.333. The third kappa shape index (κ3) is 4.51. The van der Waals surface area contributed by atoms with Gasteiger partial charge in [-0.15, -0.1) is 0 Å². The number of hydrogen-bond acceptors (Lipinski definition) is 4. The Hall–Kier alpha value is -1.45. The van der Waals surface area contributed by atoms with Crippen LogP contribution in [0, 0.1) is 11.8 Å². The lowest BCUT2D eigenvalue weighted by molar-refractivity contribution is -0.145. The number of amides is 1. The van der Waals surface area contributed by atoms with Crippen molar-refractivity contribution in [1.29, 1.82) is 0 Å². The lowest BCUT2D eigenvalue weighted by Crippen LogP contribution is -2.30. The molecule has 0 bridgehead atoms. The first-order chi connectivity index (χ1) is 9.54. The minimum Gasteiger partial charge on any atom is -0.481 e. The molecule has 9 heteroatoms. The molecule has 21 heavy (non-hydrogen) atoms. The van der Waals surface area contributed by atoms with Crippen molar-refractivity contribution in [2.45, 2.75) is 18.7 Å². The highest BCUT2D eigenvalue weighted by molar-refractivity contribution is 9.10. The van der Waals surface area contributed by atoms with Crippen molar-refractivity contribution in [2.75, 3.05) is 5.32 Å². The van der Waals surface area contributed by atoms with Crippen LogP contribution in [0.15, 0.2) is 27.6 Å². The molecule has 1 amide bonds. The van der Waals surface area contributed by atoms with Gasteiger partial charge < -0.3 is 10.4 Å². The normalized spacial score (nSPS) is 14.3. The molecule has 2 unspecified atom stereocenters. The van der Waals surface area contributed by atoms with Crippen LogP contribution in [0.5, 0.6) is 0 Å². The number of carbonyl (C=O) groups excluding carboxylic acids is 1. The van der Waals surface area contributed by atoms with Gasteiger partial charge in [0.15, 0.2) is 0 Å². The summed E-state index contributed by atoms with van der Waals surface area (Å²) < 4.78 is 22.7. The van der Waals surface area contributed by atoms with Crippen LogP contribution in [0.4, 0.5) is 5.69 Å². The fourth-order valence-corrected chi connectivity index (χ4v) is 2.63. The summed E-state index contributed by atoms with van der Waals surface area (Å²) in [6.07, 6.45) is 0. The molecule has 1 aromatic carbocycles. The Bertz CT molecular complexity index is 674. The van der Waals surface area contributed by atoms with Gasteiger partial charge in [-0.05, 0) is 34.1 Å². The van der Waals surface area contributed by atoms with Crippen LogP contribution in [-0.2, 0) is 19.6 Å². The second kappa shape index (κ2) is 6.54. The van der Waals surface area contributed by atoms with Crippen molar-refractivity contribution in [3.63, 3.8) is 0 Å². The number of anilines is 1. The van der Waals surface area contributed by atoms with Gasteiger partial charge >= 0.3 is 5.97 Å². The van der Waals surface area contributed by atoms with Gasteiger partial charge in [0.1, 0.15) is 0 Å². The summed E-state index contributed by atoms with van der Waals surface area (Å²) >= 11 is 3.13. The number of carbonyl (C=O) groups is 2. The summed E-state index contributed by atoms with van der Waals surface area (Å²) in [4.78, 5) is 22.7. The monoisotopic (exact) mass is 378 g/mol. The van der Waals surface area contributed by atoms with Gasteiger partial charge in [0, 0.05) is 10.4 Å². The van der Waals surface area contributed by atoms with E-state index in [9.17, 15) is 18.0 Å². The summed E-state index contributed by atoms with van der Waals surface area (Å²) in [7, 11) is -3.83. The van der Waals surface area contributed by atoms with Gasteiger partial charge in [-0.3, -0.25) is 9.59 Å². The lowest BCUT2D eigenvalue weighted by Gasteiger charge is -2.16. The largest absolute Gasteiger partial charge is 0.481 e. The van der Waals surface area contributed by atoms with E-state index in [0.717, 1.165) is 0 Å². The van der Waals surface area contributed by atoms with Gasteiger partial charge in [-0.1, -0.05) is 13.8 Å². The van der Waals surface area contributed by atoms with Crippen LogP contribution in [0.1, 0.15) is 13.8 Å². The first-order valence-electron chi connectivity index (χ1n) is 5.90. The van der Waals surface area contributed by atoms with Crippen molar-refractivity contribution in [3.8, 4) is 0 Å². The van der Waals surface area contributed by atoms with Crippen LogP contribution in [0.2, 0.25) is 0 Å². The fourth-order valence-electron chi connectivity index (χ4n) is 1.46. The zero-order chi connectivity index (χ0) is 16.4. The van der Waals surface area contributed by atoms with E-state index in [1.54, 1.807) is 0 Å². The Morgan fingerprint density at radius 2 is 1.86 bits per heavy atom. The van der Waals surface area contributed by atoms with E-state index in [1.165, 1.54) is 32.0 Å². The van der Waals surface area contributed by atoms with E-state index >= 15 is 0 Å². The number of benzene rings is 1. The standard InChI is InChI=1S/C12H15BrN2O5S/c1-6(7(2)12(17)18)11(16)15-10-4-3-8(5-9(10)13)21(14,19)20/h3-7H,1-2H3,(H,15,16)(H,17,18)(H2,14,19,20). The Morgan fingerprint density at radius 1 is 1.29 bits per heavy atom. The molecule has 0 aliphatic heterocycles. The van der Waals surface area contributed by atoms with Gasteiger partial charge in [0.05, 0.1) is 16.5 Å². The number of primary sulfonamides is 1. The third-order valence-corrected chi connectivity index (χ3v) is 4.65. The number of hydrogen-bond donors (Lipinski definition) is 3. The minimum absolute atomic E-state index is 0.0978. The van der Waals surface area contributed by atoms with Crippen LogP contribution in [0.3, 0.4) is 0 Å². The molecule has 0 fully saturated rings. The molecular formula is C12H15BrN2O5S. The van der Waals surface area contributed by atoms with Crippen LogP contribution >= 0.6 is 15.9 Å². The lowest BCUT2D eigenvalue weighted by atomic mass is 9.95. The number of sulfonamides is 1. The number of carboxylic acids is 1. The van der Waals surface area contributed by atoms with Crippen molar-refractivity contribution in [1.82, 2.24) is 0 Å². The highest BCUT2D eigenvalue weighted by Crippen LogP contribution is 2.26. The summed E-state index contributed by atoms with van der Waals surface area (Å²) in [5, 5.41) is 16.4. The summed E-state index contributed by atoms with van der Waals surface area (Å²) in [5.41, 5.74) is 0.330. The van der Waals surface area contributed by atoms with Gasteiger partial charge in [0.25, 0.3) is 0 Å². The summed E-state index contributed by atoms with van der Waals surface area (Å²) in [6.45, 7) is 2.94. The molecule has 2 atom stereocenters. The second-order valence-electron chi connectivity index (χ2n) is 4.59. The molecule has 116 valence electrons. The molecule has 4 N–H and O–H groups in total. The zero-order valence-electron chi connectivity index (χ0n) is 11.3. The predicted molar refractivity (Wildman–Crippen MR) is 80.1 cm³/mol. The SMILES string of the molecule is CC(C(=O)O)C(C)C(=O)Nc1ccc(S(N)(=O)=O)cc1Br. The highest BCUT2D eigenvalue weighted by atomic mass is 79.9. The molecule has 0 aromatic heterocycles. The molecule has 0 saturated heterocycles. The molecule has 0 radical (unpaired) electrons. The maximum absolute atomic E-state index is 12.0. The summed E-state index contributed by atoms with van der Waals surface area (Å²) in [6, 6.07) is 3.89. The van der Waals surface area contributed by atoms with E-state index in [2.05, 4.69) is 21.2 Å². The smallest absolute Gasteiger partial charge is 0.307 e. The third-order valence-electron chi connectivity index (χ3n) is 3.08. The average molecular weight is 379 g/mol. The van der Waals surface area contributed by atoms with E-state index < -0.39 is 33.7 Å². The van der Waals surface area contributed by atoms with Gasteiger partial charge in [-0.25, -0.2) is 13.6 Å². The number of nitrogens with two attached hydrogens (primary N) is 1. The van der Waals surface area contributed by atoms with E-state index in [1.807, 2.05) is 0 Å². The quantitative estimate of drug-likeness (QED) is 0.713. The molecule has 7 nitrogen and oxygen atoms in total. The van der Waals surface area contributed by atoms with Crippen LogP contribution < -0.4 is 10.5 Å². The van der Waals surface area contributed by atoms with Crippen molar-refractivity contribution in [3.05, 3.63) is 22.7 Å². The first-order valence-corrected chi connectivity index (χ1v) is 8.24. The number of aliphatic carboxylic acids is 1. The van der Waals surface area contributed by atoms with Gasteiger partial charge in [-0.2, -0.15) is 0 Å². The predicted octanol–water partition coefficient (Wildman–Crippen LogP) is 1.39. The van der Waals surface area contributed by atoms with E-state index in [0.29, 0.717) is 10.2 Å². The number of halogens is 1. The van der Waals surface area contributed by atoms with E-state index in [4.69, 9.17) is 10.2 Å². The second-order valence-corrected chi connectivity index (χ2v) is 7.01. The zero-order valence-corrected chi connectivity index (χ0v) is 13.7. The van der Waals surface area contributed by atoms with Crippen molar-refractivity contribution < 1.29 is 23.1 Å². The van der Waals surface area contributed by atoms with Crippen molar-refractivity contribution in [2.24, 2.45) is 17.0 Å². The number of carboxylic acid groups (broad SMARTS) is 1. The molecule has 0 aliphatic rings. The number of rotatable bonds is 5. The molecular weight excluding hydrogens is 364 g/mol. The molecule has 0 spiro atoms. The molecule has 1 aromatic rings. The number of nitrogens with one attached hydrogen (secondary N) is 1. The molecule has 1 rings (SSSR count). The average Bonchev–Trinajstić information content (AvgIpc) is 2.37. The Balaban J connectivity index is 2.94. The van der Waals surface area contributed by atoms with Crippen LogP contribution in [0.25, 0.3) is 0 Å². The van der Waals surface area contributed by atoms with Gasteiger partial charge in [0.2, 0.25) is 15.9 Å². The Labute approximate surface area is 130 Å². The minimum atomic E-state index is -3.83. The highest BCUT2D eigenvalue weighted by Gasteiger charge is 2.26. The Morgan fingerprint density at radius 3 is 2.29 bits per heavy atom. The molecule has 0 heterocycles. The maximum atomic E-state index is 12.0. The molecule has 0 saturated carbocycles. The summed E-state index contributed by atoms with van der Waals surface area (Å²) in [5.74, 6) is -3.13. The maximum Gasteiger partial charge on any atom is 0.307 e. The van der Waals surface area contributed by atoms with Crippen LogP contribution in [-0.4, -0.2) is 25.4 Å². The first kappa shape index (κ1) is 17.6. The molecule has 0 aliphatic carbocycles. The topological polar surface area (TPSA) is 127 Å². The van der Waals surface area contributed by atoms with E-state index in [-0.39, 0.29) is 4.90 Å².